The molecule has 0 spiro atoms. The van der Waals surface area contributed by atoms with Crippen molar-refractivity contribution in [2.45, 2.75) is 20.4 Å². The van der Waals surface area contributed by atoms with Gasteiger partial charge in [0, 0.05) is 30.9 Å². The van der Waals surface area contributed by atoms with E-state index in [0.717, 1.165) is 5.56 Å². The maximum Gasteiger partial charge on any atom is 0.258 e. The number of pyridine rings is 1. The first-order valence-electron chi connectivity index (χ1n) is 8.14. The second-order valence-electron chi connectivity index (χ2n) is 6.10. The van der Waals surface area contributed by atoms with E-state index in [1.807, 2.05) is 19.1 Å². The summed E-state index contributed by atoms with van der Waals surface area (Å²) in [5, 5.41) is 4.57. The Hall–Kier alpha value is -3.09. The van der Waals surface area contributed by atoms with E-state index < -0.39 is 0 Å². The summed E-state index contributed by atoms with van der Waals surface area (Å²) >= 11 is 0. The Bertz CT molecular complexity index is 965. The fourth-order valence-corrected chi connectivity index (χ4v) is 2.90. The van der Waals surface area contributed by atoms with Crippen LogP contribution in [-0.4, -0.2) is 42.2 Å². The summed E-state index contributed by atoms with van der Waals surface area (Å²) in [6.07, 6.45) is 0. The Morgan fingerprint density at radius 2 is 1.96 bits per heavy atom. The molecule has 136 valence electrons. The molecule has 2 heterocycles. The Kier molecular flexibility index (Phi) is 4.79. The van der Waals surface area contributed by atoms with Gasteiger partial charge in [-0.15, -0.1) is 0 Å². The van der Waals surface area contributed by atoms with Crippen molar-refractivity contribution in [2.75, 3.05) is 21.3 Å². The summed E-state index contributed by atoms with van der Waals surface area (Å²) in [6, 6.07) is 7.29. The molecule has 7 heteroatoms. The van der Waals surface area contributed by atoms with Crippen molar-refractivity contribution < 1.29 is 18.8 Å². The van der Waals surface area contributed by atoms with E-state index in [1.54, 1.807) is 45.2 Å². The average Bonchev–Trinajstić information content (AvgIpc) is 3.01. The van der Waals surface area contributed by atoms with Crippen LogP contribution >= 0.6 is 0 Å². The largest absolute Gasteiger partial charge is 0.497 e. The highest BCUT2D eigenvalue weighted by Crippen LogP contribution is 2.27. The predicted octanol–water partition coefficient (Wildman–Crippen LogP) is 3.13. The van der Waals surface area contributed by atoms with Crippen LogP contribution in [0.3, 0.4) is 0 Å². The van der Waals surface area contributed by atoms with Crippen LogP contribution < -0.4 is 9.47 Å². The van der Waals surface area contributed by atoms with Gasteiger partial charge >= 0.3 is 0 Å². The normalized spacial score (nSPS) is 10.8. The number of nitrogens with zero attached hydrogens (tertiary/aromatic N) is 3. The highest BCUT2D eigenvalue weighted by molar-refractivity contribution is 6.05. The molecule has 3 aromatic rings. The Labute approximate surface area is 151 Å². The monoisotopic (exact) mass is 355 g/mol. The zero-order valence-electron chi connectivity index (χ0n) is 15.5. The molecule has 0 aliphatic rings. The van der Waals surface area contributed by atoms with Gasteiger partial charge in [0.15, 0.2) is 0 Å². The Balaban J connectivity index is 1.93. The van der Waals surface area contributed by atoms with Crippen LogP contribution in [0.2, 0.25) is 0 Å². The summed E-state index contributed by atoms with van der Waals surface area (Å²) in [5.41, 5.74) is 3.13. The number of carbonyl (C=O) groups is 1. The summed E-state index contributed by atoms with van der Waals surface area (Å²) in [6.45, 7) is 4.01. The maximum atomic E-state index is 13.1. The molecule has 0 fully saturated rings. The van der Waals surface area contributed by atoms with Gasteiger partial charge in [-0.25, -0.2) is 4.98 Å². The topological polar surface area (TPSA) is 77.7 Å². The highest BCUT2D eigenvalue weighted by atomic mass is 16.5. The lowest BCUT2D eigenvalue weighted by molar-refractivity contribution is 0.0786. The minimum Gasteiger partial charge on any atom is -0.497 e. The number of aryl methyl sites for hydroxylation is 2. The van der Waals surface area contributed by atoms with E-state index in [4.69, 9.17) is 14.0 Å². The molecule has 0 radical (unpaired) electrons. The Morgan fingerprint density at radius 1 is 1.19 bits per heavy atom. The molecule has 0 saturated heterocycles. The Morgan fingerprint density at radius 3 is 2.65 bits per heavy atom. The molecular weight excluding hydrogens is 334 g/mol. The number of fused-ring (bicyclic) bond motifs is 1. The zero-order valence-corrected chi connectivity index (χ0v) is 15.5. The third-order valence-corrected chi connectivity index (χ3v) is 4.22. The minimum absolute atomic E-state index is 0.135. The van der Waals surface area contributed by atoms with Gasteiger partial charge < -0.3 is 18.9 Å². The van der Waals surface area contributed by atoms with E-state index in [9.17, 15) is 4.79 Å². The number of benzene rings is 1. The number of methoxy groups -OCH3 is 2. The van der Waals surface area contributed by atoms with Gasteiger partial charge in [0.25, 0.3) is 11.6 Å². The van der Waals surface area contributed by atoms with Gasteiger partial charge in [-0.1, -0.05) is 5.16 Å². The fourth-order valence-electron chi connectivity index (χ4n) is 2.90. The van der Waals surface area contributed by atoms with E-state index in [-0.39, 0.29) is 5.91 Å². The third-order valence-electron chi connectivity index (χ3n) is 4.22. The van der Waals surface area contributed by atoms with Crippen LogP contribution in [0.25, 0.3) is 11.1 Å². The molecule has 0 saturated carbocycles. The van der Waals surface area contributed by atoms with Gasteiger partial charge in [-0.2, -0.15) is 0 Å². The summed E-state index contributed by atoms with van der Waals surface area (Å²) in [5.74, 6) is 1.23. The lowest BCUT2D eigenvalue weighted by Gasteiger charge is -2.20. The number of carbonyl (C=O) groups excluding carboxylic acids is 1. The predicted molar refractivity (Wildman–Crippen MR) is 96.6 cm³/mol. The van der Waals surface area contributed by atoms with Crippen molar-refractivity contribution in [3.63, 3.8) is 0 Å². The van der Waals surface area contributed by atoms with Crippen LogP contribution in [0, 0.1) is 13.8 Å². The molecule has 0 atom stereocenters. The minimum atomic E-state index is -0.135. The molecule has 1 aromatic carbocycles. The van der Waals surface area contributed by atoms with Crippen LogP contribution in [0.15, 0.2) is 28.8 Å². The number of ether oxygens (including phenoxy) is 2. The number of aromatic nitrogens is 2. The molecule has 26 heavy (non-hydrogen) atoms. The molecule has 0 N–H and O–H groups in total. The number of hydrogen-bond donors (Lipinski definition) is 0. The summed E-state index contributed by atoms with van der Waals surface area (Å²) < 4.78 is 15.8. The van der Waals surface area contributed by atoms with Crippen molar-refractivity contribution in [2.24, 2.45) is 0 Å². The van der Waals surface area contributed by atoms with E-state index in [2.05, 4.69) is 10.1 Å². The molecule has 0 unspecified atom stereocenters. The molecule has 2 aromatic heterocycles. The first-order chi connectivity index (χ1) is 12.4. The molecule has 7 nitrogen and oxygen atoms in total. The highest BCUT2D eigenvalue weighted by Gasteiger charge is 2.21. The maximum absolute atomic E-state index is 13.1. The fraction of sp³-hybridized carbons (Fsp3) is 0.316. The van der Waals surface area contributed by atoms with Crippen molar-refractivity contribution in [1.29, 1.82) is 0 Å². The van der Waals surface area contributed by atoms with Crippen LogP contribution in [0.1, 0.15) is 27.3 Å². The van der Waals surface area contributed by atoms with Gasteiger partial charge in [-0.05, 0) is 32.0 Å². The molecule has 3 rings (SSSR count). The first-order valence-corrected chi connectivity index (χ1v) is 8.14. The SMILES string of the molecule is COc1ccc(CN(C)C(=O)c2cc(C)nc3onc(C)c23)c(OC)c1. The molecule has 0 aliphatic carbocycles. The van der Waals surface area contributed by atoms with Crippen LogP contribution in [-0.2, 0) is 6.54 Å². The van der Waals surface area contributed by atoms with Crippen molar-refractivity contribution in [1.82, 2.24) is 15.0 Å². The van der Waals surface area contributed by atoms with Gasteiger partial charge in [-0.3, -0.25) is 4.79 Å². The number of hydrogen-bond acceptors (Lipinski definition) is 6. The number of rotatable bonds is 5. The standard InChI is InChI=1S/C19H21N3O4/c1-11-8-15(17-12(2)21-26-18(17)20-11)19(23)22(3)10-13-6-7-14(24-4)9-16(13)25-5/h6-9H,10H2,1-5H3. The van der Waals surface area contributed by atoms with Gasteiger partial charge in [0.05, 0.1) is 30.9 Å². The van der Waals surface area contributed by atoms with Gasteiger partial charge in [0.2, 0.25) is 0 Å². The molecule has 0 bridgehead atoms. The molecular formula is C19H21N3O4. The van der Waals surface area contributed by atoms with E-state index in [0.29, 0.717) is 46.1 Å². The van der Waals surface area contributed by atoms with Crippen molar-refractivity contribution >= 4 is 17.0 Å². The van der Waals surface area contributed by atoms with E-state index in [1.165, 1.54) is 0 Å². The van der Waals surface area contributed by atoms with Crippen molar-refractivity contribution in [3.8, 4) is 11.5 Å². The van der Waals surface area contributed by atoms with E-state index >= 15 is 0 Å². The zero-order chi connectivity index (χ0) is 18.8. The van der Waals surface area contributed by atoms with Crippen LogP contribution in [0.5, 0.6) is 11.5 Å². The van der Waals surface area contributed by atoms with Crippen LogP contribution in [0.4, 0.5) is 0 Å². The molecule has 1 amide bonds. The number of amides is 1. The lowest BCUT2D eigenvalue weighted by Crippen LogP contribution is -2.27. The second kappa shape index (κ2) is 7.03. The molecule has 0 aliphatic heterocycles. The lowest BCUT2D eigenvalue weighted by atomic mass is 10.1. The quantitative estimate of drug-likeness (QED) is 0.700. The summed E-state index contributed by atoms with van der Waals surface area (Å²) in [7, 11) is 4.94. The van der Waals surface area contributed by atoms with Gasteiger partial charge in [0.1, 0.15) is 11.5 Å². The smallest absolute Gasteiger partial charge is 0.258 e. The average molecular weight is 355 g/mol. The first kappa shape index (κ1) is 17.7. The van der Waals surface area contributed by atoms with Crippen molar-refractivity contribution in [3.05, 3.63) is 46.8 Å². The summed E-state index contributed by atoms with van der Waals surface area (Å²) in [4.78, 5) is 19.0. The second-order valence-corrected chi connectivity index (χ2v) is 6.10. The third kappa shape index (κ3) is 3.20.